The number of benzene rings is 4. The molecule has 5 rings (SSSR count). The van der Waals surface area contributed by atoms with E-state index in [1.807, 2.05) is 60.7 Å². The quantitative estimate of drug-likeness (QED) is 0.169. The number of para-hydroxylation sites is 1. The number of aromatic nitrogens is 2. The Morgan fingerprint density at radius 1 is 1.00 bits per heavy atom. The molecule has 9 heteroatoms. The van der Waals surface area contributed by atoms with Crippen LogP contribution < -0.4 is 15.0 Å². The lowest BCUT2D eigenvalue weighted by atomic mass is 10.2. The van der Waals surface area contributed by atoms with Gasteiger partial charge in [0, 0.05) is 20.1 Å². The van der Waals surface area contributed by atoms with E-state index in [1.54, 1.807) is 37.6 Å². The zero-order valence-corrected chi connectivity index (χ0v) is 24.0. The van der Waals surface area contributed by atoms with E-state index in [-0.39, 0.29) is 12.2 Å². The van der Waals surface area contributed by atoms with Crippen LogP contribution in [-0.2, 0) is 6.61 Å². The second-order valence-electron chi connectivity index (χ2n) is 8.24. The minimum atomic E-state index is -0.274. The Morgan fingerprint density at radius 2 is 1.76 bits per heavy atom. The number of ether oxygens (including phenoxy) is 2. The second-order valence-corrected chi connectivity index (χ2v) is 10.4. The fourth-order valence-corrected chi connectivity index (χ4v) is 5.31. The first-order valence-corrected chi connectivity index (χ1v) is 13.5. The predicted octanol–water partition coefficient (Wildman–Crippen LogP) is 7.71. The molecule has 0 aliphatic heterocycles. The largest absolute Gasteiger partial charge is 0.493 e. The van der Waals surface area contributed by atoms with Gasteiger partial charge in [-0.15, -0.1) is 0 Å². The summed E-state index contributed by atoms with van der Waals surface area (Å²) in [4.78, 5) is 18.1. The van der Waals surface area contributed by atoms with E-state index >= 15 is 0 Å². The Hall–Kier alpha value is -3.46. The van der Waals surface area contributed by atoms with Crippen molar-refractivity contribution >= 4 is 60.6 Å². The summed E-state index contributed by atoms with van der Waals surface area (Å²) < 4.78 is 14.7. The van der Waals surface area contributed by atoms with Crippen LogP contribution >= 0.6 is 43.5 Å². The van der Waals surface area contributed by atoms with Crippen LogP contribution in [0.5, 0.6) is 11.5 Å². The maximum Gasteiger partial charge on any atom is 0.282 e. The summed E-state index contributed by atoms with van der Waals surface area (Å²) in [5.74, 6) is 1.29. The van der Waals surface area contributed by atoms with Crippen molar-refractivity contribution in [1.29, 1.82) is 0 Å². The van der Waals surface area contributed by atoms with E-state index in [4.69, 9.17) is 26.1 Å². The van der Waals surface area contributed by atoms with Crippen molar-refractivity contribution in [2.45, 2.75) is 6.61 Å². The predicted molar refractivity (Wildman–Crippen MR) is 159 cm³/mol. The number of hydrogen-bond acceptors (Lipinski definition) is 5. The zero-order valence-electron chi connectivity index (χ0n) is 20.1. The molecule has 0 saturated heterocycles. The molecule has 0 fully saturated rings. The van der Waals surface area contributed by atoms with Crippen molar-refractivity contribution in [2.75, 3.05) is 7.11 Å². The molecule has 5 aromatic rings. The van der Waals surface area contributed by atoms with Crippen LogP contribution in [0.3, 0.4) is 0 Å². The zero-order chi connectivity index (χ0) is 26.6. The van der Waals surface area contributed by atoms with Crippen LogP contribution in [-0.4, -0.2) is 23.0 Å². The Labute approximate surface area is 240 Å². The van der Waals surface area contributed by atoms with Crippen LogP contribution in [0.2, 0.25) is 5.02 Å². The van der Waals surface area contributed by atoms with E-state index in [2.05, 4.69) is 37.0 Å². The molecule has 0 amide bonds. The van der Waals surface area contributed by atoms with Gasteiger partial charge in [0.2, 0.25) is 0 Å². The van der Waals surface area contributed by atoms with Gasteiger partial charge in [0.25, 0.3) is 5.56 Å². The topological polar surface area (TPSA) is 65.7 Å². The Balaban J connectivity index is 1.51. The van der Waals surface area contributed by atoms with Crippen LogP contribution in [0.4, 0.5) is 0 Å². The van der Waals surface area contributed by atoms with E-state index < -0.39 is 0 Å². The molecule has 0 unspecified atom stereocenters. The second kappa shape index (κ2) is 11.5. The maximum atomic E-state index is 13.4. The third-order valence-electron chi connectivity index (χ3n) is 5.75. The summed E-state index contributed by atoms with van der Waals surface area (Å²) in [5, 5.41) is 5.34. The van der Waals surface area contributed by atoms with Gasteiger partial charge in [-0.2, -0.15) is 9.78 Å². The first-order chi connectivity index (χ1) is 18.4. The summed E-state index contributed by atoms with van der Waals surface area (Å²) in [5.41, 5.74) is 2.68. The van der Waals surface area contributed by atoms with Crippen LogP contribution in [0.15, 0.2) is 104 Å². The Kier molecular flexibility index (Phi) is 7.93. The molecule has 0 aliphatic carbocycles. The molecule has 0 N–H and O–H groups in total. The highest BCUT2D eigenvalue weighted by Crippen LogP contribution is 2.37. The van der Waals surface area contributed by atoms with Gasteiger partial charge in [-0.25, -0.2) is 4.98 Å². The van der Waals surface area contributed by atoms with E-state index in [9.17, 15) is 4.79 Å². The summed E-state index contributed by atoms with van der Waals surface area (Å²) >= 11 is 13.6. The van der Waals surface area contributed by atoms with Crippen molar-refractivity contribution < 1.29 is 9.47 Å². The maximum absolute atomic E-state index is 13.4. The van der Waals surface area contributed by atoms with Crippen LogP contribution in [0.25, 0.3) is 22.3 Å². The normalized spacial score (nSPS) is 11.3. The molecule has 0 bridgehead atoms. The molecular weight excluding hydrogens is 634 g/mol. The summed E-state index contributed by atoms with van der Waals surface area (Å²) in [6.07, 6.45) is 1.55. The van der Waals surface area contributed by atoms with Crippen molar-refractivity contribution in [3.8, 4) is 22.9 Å². The lowest BCUT2D eigenvalue weighted by Gasteiger charge is -2.14. The SMILES string of the molecule is COc1cc(C=Nn2c(-c3ccccc3)nc3ccccc3c2=O)cc(Cl)c1OCc1ccc(Br)cc1Br. The molecule has 4 aromatic carbocycles. The van der Waals surface area contributed by atoms with E-state index in [0.29, 0.717) is 38.8 Å². The lowest BCUT2D eigenvalue weighted by Crippen LogP contribution is -2.20. The number of nitrogens with zero attached hydrogens (tertiary/aromatic N) is 3. The minimum Gasteiger partial charge on any atom is -0.493 e. The van der Waals surface area contributed by atoms with Crippen molar-refractivity contribution in [2.24, 2.45) is 5.10 Å². The lowest BCUT2D eigenvalue weighted by molar-refractivity contribution is 0.284. The third kappa shape index (κ3) is 5.53. The summed E-state index contributed by atoms with van der Waals surface area (Å²) in [6.45, 7) is 0.288. The molecule has 0 saturated carbocycles. The highest BCUT2D eigenvalue weighted by Gasteiger charge is 2.15. The number of hydrogen-bond donors (Lipinski definition) is 0. The summed E-state index contributed by atoms with van der Waals surface area (Å²) in [6, 6.07) is 26.0. The standard InChI is InChI=1S/C29H20Br2ClN3O3/c1-37-26-14-18(13-24(32)27(26)38-17-20-11-12-21(30)15-23(20)31)16-33-35-28(19-7-3-2-4-8-19)34-25-10-6-5-9-22(25)29(35)36/h2-16H,17H2,1H3. The first kappa shape index (κ1) is 26.2. The van der Waals surface area contributed by atoms with Crippen molar-refractivity contribution in [3.05, 3.63) is 120 Å². The van der Waals surface area contributed by atoms with Gasteiger partial charge in [-0.05, 0) is 42.0 Å². The first-order valence-electron chi connectivity index (χ1n) is 11.5. The van der Waals surface area contributed by atoms with E-state index in [0.717, 1.165) is 20.1 Å². The fourth-order valence-electron chi connectivity index (χ4n) is 3.87. The molecule has 1 heterocycles. The van der Waals surface area contributed by atoms with Crippen LogP contribution in [0.1, 0.15) is 11.1 Å². The third-order valence-corrected chi connectivity index (χ3v) is 7.26. The van der Waals surface area contributed by atoms with Gasteiger partial charge in [0.05, 0.1) is 29.2 Å². The molecular formula is C29H20Br2ClN3O3. The molecule has 6 nitrogen and oxygen atoms in total. The van der Waals surface area contributed by atoms with Gasteiger partial charge in [-0.1, -0.05) is 92.0 Å². The molecule has 38 heavy (non-hydrogen) atoms. The molecule has 190 valence electrons. The smallest absolute Gasteiger partial charge is 0.282 e. The van der Waals surface area contributed by atoms with Gasteiger partial charge < -0.3 is 9.47 Å². The fraction of sp³-hybridized carbons (Fsp3) is 0.0690. The molecule has 0 atom stereocenters. The average molecular weight is 654 g/mol. The Morgan fingerprint density at radius 3 is 2.53 bits per heavy atom. The highest BCUT2D eigenvalue weighted by molar-refractivity contribution is 9.11. The van der Waals surface area contributed by atoms with Crippen LogP contribution in [0, 0.1) is 0 Å². The summed E-state index contributed by atoms with van der Waals surface area (Å²) in [7, 11) is 1.54. The monoisotopic (exact) mass is 651 g/mol. The van der Waals surface area contributed by atoms with Gasteiger partial charge in [-0.3, -0.25) is 4.79 Å². The number of fused-ring (bicyclic) bond motifs is 1. The molecule has 1 aromatic heterocycles. The van der Waals surface area contributed by atoms with Gasteiger partial charge in [0.15, 0.2) is 17.3 Å². The average Bonchev–Trinajstić information content (AvgIpc) is 2.93. The highest BCUT2D eigenvalue weighted by atomic mass is 79.9. The molecule has 0 radical (unpaired) electrons. The van der Waals surface area contributed by atoms with E-state index in [1.165, 1.54) is 4.68 Å². The minimum absolute atomic E-state index is 0.274. The van der Waals surface area contributed by atoms with Crippen molar-refractivity contribution in [1.82, 2.24) is 9.66 Å². The van der Waals surface area contributed by atoms with Crippen molar-refractivity contribution in [3.63, 3.8) is 0 Å². The van der Waals surface area contributed by atoms with Gasteiger partial charge >= 0.3 is 0 Å². The molecule has 0 spiro atoms. The molecule has 0 aliphatic rings. The Bertz CT molecular complexity index is 1720. The number of methoxy groups -OCH3 is 1. The van der Waals surface area contributed by atoms with Gasteiger partial charge in [0.1, 0.15) is 6.61 Å². The number of rotatable bonds is 7. The number of halogens is 3.